The van der Waals surface area contributed by atoms with Gasteiger partial charge in [-0.25, -0.2) is 0 Å². The van der Waals surface area contributed by atoms with Gasteiger partial charge in [0.05, 0.1) is 5.38 Å². The second-order valence-corrected chi connectivity index (χ2v) is 15.6. The summed E-state index contributed by atoms with van der Waals surface area (Å²) in [5.41, 5.74) is 2.97. The van der Waals surface area contributed by atoms with Crippen LogP contribution in [-0.2, 0) is 10.9 Å². The maximum absolute atomic E-state index is 2.50. The second kappa shape index (κ2) is 9.42. The van der Waals surface area contributed by atoms with Crippen molar-refractivity contribution < 1.29 is 0 Å². The zero-order chi connectivity index (χ0) is 16.6. The Balaban J connectivity index is 2.71. The van der Waals surface area contributed by atoms with Crippen molar-refractivity contribution in [3.05, 3.63) is 53.6 Å². The summed E-state index contributed by atoms with van der Waals surface area (Å²) in [6.07, 6.45) is 7.22. The molecule has 0 radical (unpaired) electrons. The lowest BCUT2D eigenvalue weighted by Crippen LogP contribution is -2.33. The third kappa shape index (κ3) is 8.65. The van der Waals surface area contributed by atoms with Crippen molar-refractivity contribution in [3.63, 3.8) is 0 Å². The molecule has 0 amide bonds. The Labute approximate surface area is 142 Å². The zero-order valence-corrected chi connectivity index (χ0v) is 17.1. The van der Waals surface area contributed by atoms with Crippen LogP contribution in [0.5, 0.6) is 0 Å². The van der Waals surface area contributed by atoms with Crippen LogP contribution in [-0.4, -0.2) is 19.2 Å². The fourth-order valence-corrected chi connectivity index (χ4v) is 8.85. The molecule has 22 heavy (non-hydrogen) atoms. The van der Waals surface area contributed by atoms with Crippen molar-refractivity contribution in [2.24, 2.45) is 0 Å². The van der Waals surface area contributed by atoms with Crippen LogP contribution in [0.4, 0.5) is 0 Å². The molecule has 1 unspecified atom stereocenters. The van der Waals surface area contributed by atoms with Crippen LogP contribution >= 0.6 is 0 Å². The third-order valence-electron chi connectivity index (χ3n) is 3.41. The molecule has 1 aromatic carbocycles. The standard InChI is InChI=1S/C20H33SSi/c1-18(2)11-10-12-19(3)15-16-21(17-22(4,5)6)20-13-8-7-9-14-20/h7-9,11,13-15H,10,12,16-17H2,1-6H3/q+1/b19-15+. The molecule has 2 heteroatoms. The first-order valence-corrected chi connectivity index (χ1v) is 13.6. The molecule has 1 aromatic rings. The SMILES string of the molecule is CC(C)=CCC/C(C)=C/C[S+](C[Si](C)(C)C)c1ccccc1. The van der Waals surface area contributed by atoms with Gasteiger partial charge in [0.1, 0.15) is 13.8 Å². The van der Waals surface area contributed by atoms with Crippen molar-refractivity contribution >= 4 is 19.0 Å². The first kappa shape index (κ1) is 19.3. The lowest BCUT2D eigenvalue weighted by molar-refractivity contribution is 0.964. The molecular weight excluding hydrogens is 300 g/mol. The largest absolute Gasteiger partial charge is 0.154 e. The van der Waals surface area contributed by atoms with Gasteiger partial charge in [-0.2, -0.15) is 0 Å². The molecule has 0 aliphatic rings. The topological polar surface area (TPSA) is 0 Å². The van der Waals surface area contributed by atoms with Gasteiger partial charge in [0.15, 0.2) is 4.90 Å². The summed E-state index contributed by atoms with van der Waals surface area (Å²) in [6, 6.07) is 11.1. The van der Waals surface area contributed by atoms with Crippen LogP contribution in [0.3, 0.4) is 0 Å². The maximum atomic E-state index is 2.50. The number of hydrogen-bond donors (Lipinski definition) is 0. The van der Waals surface area contributed by atoms with Gasteiger partial charge in [-0.15, -0.1) is 0 Å². The van der Waals surface area contributed by atoms with Crippen LogP contribution < -0.4 is 0 Å². The predicted octanol–water partition coefficient (Wildman–Crippen LogP) is 6.23. The smallest absolute Gasteiger partial charge is 0.0856 e. The molecule has 0 fully saturated rings. The van der Waals surface area contributed by atoms with E-state index in [1.165, 1.54) is 29.5 Å². The minimum Gasteiger partial charge on any atom is -0.0856 e. The van der Waals surface area contributed by atoms with Crippen molar-refractivity contribution in [2.75, 3.05) is 11.1 Å². The van der Waals surface area contributed by atoms with Crippen LogP contribution in [0.1, 0.15) is 33.6 Å². The minimum absolute atomic E-state index is 0.378. The summed E-state index contributed by atoms with van der Waals surface area (Å²) in [6.45, 7) is 14.1. The number of hydrogen-bond acceptors (Lipinski definition) is 0. The zero-order valence-electron chi connectivity index (χ0n) is 15.3. The lowest BCUT2D eigenvalue weighted by Gasteiger charge is -2.16. The van der Waals surface area contributed by atoms with E-state index in [1.807, 2.05) is 0 Å². The molecule has 0 saturated carbocycles. The highest BCUT2D eigenvalue weighted by Gasteiger charge is 2.29. The molecule has 0 saturated heterocycles. The fraction of sp³-hybridized carbons (Fsp3) is 0.500. The van der Waals surface area contributed by atoms with Crippen LogP contribution in [0.25, 0.3) is 0 Å². The first-order valence-electron chi connectivity index (χ1n) is 8.29. The number of rotatable bonds is 8. The van der Waals surface area contributed by atoms with E-state index in [2.05, 4.69) is 82.9 Å². The fourth-order valence-electron chi connectivity index (χ4n) is 2.31. The molecule has 0 bridgehead atoms. The van der Waals surface area contributed by atoms with E-state index < -0.39 is 8.07 Å². The molecule has 0 heterocycles. The van der Waals surface area contributed by atoms with Crippen molar-refractivity contribution in [2.45, 2.75) is 58.1 Å². The van der Waals surface area contributed by atoms with E-state index in [0.717, 1.165) is 0 Å². The quantitative estimate of drug-likeness (QED) is 0.300. The summed E-state index contributed by atoms with van der Waals surface area (Å²) in [5.74, 6) is 1.22. The predicted molar refractivity (Wildman–Crippen MR) is 108 cm³/mol. The Kier molecular flexibility index (Phi) is 8.27. The average molecular weight is 334 g/mol. The average Bonchev–Trinajstić information content (AvgIpc) is 2.43. The first-order chi connectivity index (χ1) is 10.3. The highest BCUT2D eigenvalue weighted by Crippen LogP contribution is 2.20. The molecule has 0 spiro atoms. The molecule has 0 nitrogen and oxygen atoms in total. The van der Waals surface area contributed by atoms with E-state index in [1.54, 1.807) is 10.5 Å². The molecule has 1 rings (SSSR count). The Hall–Kier alpha value is -0.733. The Morgan fingerprint density at radius 1 is 1.00 bits per heavy atom. The Bertz CT molecular complexity index is 490. The molecule has 0 N–H and O–H groups in total. The van der Waals surface area contributed by atoms with Gasteiger partial charge in [0.25, 0.3) is 0 Å². The minimum atomic E-state index is -1.04. The van der Waals surface area contributed by atoms with Gasteiger partial charge in [-0.05, 0) is 51.8 Å². The molecular formula is C20H33SSi+. The molecule has 122 valence electrons. The number of allylic oxidation sites excluding steroid dienone is 3. The third-order valence-corrected chi connectivity index (χ3v) is 9.77. The monoisotopic (exact) mass is 333 g/mol. The molecule has 0 aromatic heterocycles. The highest BCUT2D eigenvalue weighted by atomic mass is 32.2. The van der Waals surface area contributed by atoms with Gasteiger partial charge in [-0.1, -0.05) is 55.1 Å². The van der Waals surface area contributed by atoms with E-state index in [0.29, 0.717) is 10.9 Å². The number of benzene rings is 1. The summed E-state index contributed by atoms with van der Waals surface area (Å²) < 4.78 is 0. The summed E-state index contributed by atoms with van der Waals surface area (Å²) in [4.78, 5) is 1.54. The van der Waals surface area contributed by atoms with E-state index in [4.69, 9.17) is 0 Å². The normalized spacial score (nSPS) is 13.8. The summed E-state index contributed by atoms with van der Waals surface area (Å²) >= 11 is 0. The highest BCUT2D eigenvalue weighted by molar-refractivity contribution is 7.98. The molecule has 0 aliphatic heterocycles. The van der Waals surface area contributed by atoms with Gasteiger partial charge in [0.2, 0.25) is 0 Å². The van der Waals surface area contributed by atoms with E-state index >= 15 is 0 Å². The Morgan fingerprint density at radius 2 is 1.64 bits per heavy atom. The van der Waals surface area contributed by atoms with Gasteiger partial charge in [-0.3, -0.25) is 0 Å². The summed E-state index contributed by atoms with van der Waals surface area (Å²) in [7, 11) is -0.664. The lowest BCUT2D eigenvalue weighted by atomic mass is 10.1. The van der Waals surface area contributed by atoms with Crippen molar-refractivity contribution in [3.8, 4) is 0 Å². The van der Waals surface area contributed by atoms with Gasteiger partial charge in [0, 0.05) is 10.9 Å². The molecule has 0 aliphatic carbocycles. The maximum Gasteiger partial charge on any atom is 0.154 e. The molecule has 1 atom stereocenters. The Morgan fingerprint density at radius 3 is 2.18 bits per heavy atom. The van der Waals surface area contributed by atoms with Crippen LogP contribution in [0.2, 0.25) is 19.6 Å². The van der Waals surface area contributed by atoms with Crippen molar-refractivity contribution in [1.29, 1.82) is 0 Å². The van der Waals surface area contributed by atoms with Gasteiger partial charge < -0.3 is 0 Å². The second-order valence-electron chi connectivity index (χ2n) is 7.55. The van der Waals surface area contributed by atoms with Gasteiger partial charge >= 0.3 is 0 Å². The van der Waals surface area contributed by atoms with Crippen molar-refractivity contribution in [1.82, 2.24) is 0 Å². The van der Waals surface area contributed by atoms with E-state index in [-0.39, 0.29) is 0 Å². The van der Waals surface area contributed by atoms with Crippen LogP contribution in [0, 0.1) is 0 Å². The van der Waals surface area contributed by atoms with Crippen LogP contribution in [0.15, 0.2) is 58.5 Å². The van der Waals surface area contributed by atoms with E-state index in [9.17, 15) is 0 Å². The summed E-state index contributed by atoms with van der Waals surface area (Å²) in [5, 5.41) is 1.40.